The van der Waals surface area contributed by atoms with Gasteiger partial charge in [0.15, 0.2) is 0 Å². The lowest BCUT2D eigenvalue weighted by molar-refractivity contribution is -0.0630. The standard InChI is InChI=1S/C18H25BrN2O3/c1-17(2,3)24-16(22)21-15(12-23-18(21,4)5)20-11-10-13-6-8-14(19)9-7-13/h6-11,15,20H,12H2,1-5H3/b11-10+/t15-/m1/s1. The zero-order valence-corrected chi connectivity index (χ0v) is 16.4. The third-order valence-corrected chi connectivity index (χ3v) is 4.04. The molecule has 1 aromatic rings. The van der Waals surface area contributed by atoms with E-state index in [1.165, 1.54) is 0 Å². The van der Waals surface area contributed by atoms with Gasteiger partial charge < -0.3 is 14.8 Å². The number of rotatable bonds is 3. The van der Waals surface area contributed by atoms with Gasteiger partial charge in [0, 0.05) is 4.47 Å². The normalized spacial score (nSPS) is 20.4. The van der Waals surface area contributed by atoms with Crippen LogP contribution in [0.3, 0.4) is 0 Å². The molecule has 1 atom stereocenters. The smallest absolute Gasteiger partial charge is 0.414 e. The highest BCUT2D eigenvalue weighted by Crippen LogP contribution is 2.28. The second-order valence-electron chi connectivity index (χ2n) is 7.18. The molecule has 0 saturated carbocycles. The minimum absolute atomic E-state index is 0.276. The van der Waals surface area contributed by atoms with Crippen LogP contribution >= 0.6 is 15.9 Å². The summed E-state index contributed by atoms with van der Waals surface area (Å²) in [6, 6.07) is 7.97. The first-order valence-electron chi connectivity index (χ1n) is 7.93. The Balaban J connectivity index is 2.05. The molecule has 0 bridgehead atoms. The second kappa shape index (κ2) is 7.15. The minimum Gasteiger partial charge on any atom is -0.444 e. The summed E-state index contributed by atoms with van der Waals surface area (Å²) in [7, 11) is 0. The molecule has 1 fully saturated rings. The van der Waals surface area contributed by atoms with Crippen LogP contribution in [-0.2, 0) is 9.47 Å². The SMILES string of the molecule is CC(C)(C)OC(=O)N1[C@@H](N/C=C/c2ccc(Br)cc2)COC1(C)C. The van der Waals surface area contributed by atoms with Crippen LogP contribution in [-0.4, -0.2) is 35.1 Å². The van der Waals surface area contributed by atoms with Crippen LogP contribution < -0.4 is 5.32 Å². The first-order valence-corrected chi connectivity index (χ1v) is 8.72. The molecule has 1 amide bonds. The fourth-order valence-corrected chi connectivity index (χ4v) is 2.68. The highest BCUT2D eigenvalue weighted by molar-refractivity contribution is 9.10. The molecule has 0 unspecified atom stereocenters. The number of halogens is 1. The summed E-state index contributed by atoms with van der Waals surface area (Å²) in [4.78, 5) is 14.1. The van der Waals surface area contributed by atoms with Crippen LogP contribution in [0, 0.1) is 0 Å². The number of nitrogens with one attached hydrogen (secondary N) is 1. The zero-order valence-electron chi connectivity index (χ0n) is 14.8. The predicted molar refractivity (Wildman–Crippen MR) is 98.2 cm³/mol. The Kier molecular flexibility index (Phi) is 5.60. The quantitative estimate of drug-likeness (QED) is 0.825. The predicted octanol–water partition coefficient (Wildman–Crippen LogP) is 4.34. The third kappa shape index (κ3) is 4.98. The zero-order chi connectivity index (χ0) is 18.0. The summed E-state index contributed by atoms with van der Waals surface area (Å²) in [5.41, 5.74) is -0.202. The van der Waals surface area contributed by atoms with E-state index in [0.29, 0.717) is 6.61 Å². The van der Waals surface area contributed by atoms with Crippen molar-refractivity contribution in [3.63, 3.8) is 0 Å². The van der Waals surface area contributed by atoms with Crippen molar-refractivity contribution in [2.75, 3.05) is 6.61 Å². The Morgan fingerprint density at radius 1 is 1.38 bits per heavy atom. The summed E-state index contributed by atoms with van der Waals surface area (Å²) in [6.45, 7) is 9.67. The molecule has 24 heavy (non-hydrogen) atoms. The van der Waals surface area contributed by atoms with Gasteiger partial charge in [-0.25, -0.2) is 4.79 Å². The minimum atomic E-state index is -0.717. The van der Waals surface area contributed by atoms with Gasteiger partial charge in [-0.1, -0.05) is 28.1 Å². The third-order valence-electron chi connectivity index (χ3n) is 3.51. The van der Waals surface area contributed by atoms with Gasteiger partial charge in [0.25, 0.3) is 0 Å². The van der Waals surface area contributed by atoms with E-state index in [1.807, 2.05) is 71.2 Å². The van der Waals surface area contributed by atoms with Crippen molar-refractivity contribution in [1.29, 1.82) is 0 Å². The van der Waals surface area contributed by atoms with E-state index in [1.54, 1.807) is 4.90 Å². The van der Waals surface area contributed by atoms with Crippen molar-refractivity contribution >= 4 is 28.1 Å². The summed E-state index contributed by atoms with van der Waals surface area (Å²) >= 11 is 3.41. The molecular weight excluding hydrogens is 372 g/mol. The first kappa shape index (κ1) is 18.8. The van der Waals surface area contributed by atoms with Crippen LogP contribution in [0.25, 0.3) is 6.08 Å². The fourth-order valence-electron chi connectivity index (χ4n) is 2.41. The highest BCUT2D eigenvalue weighted by atomic mass is 79.9. The van der Waals surface area contributed by atoms with Gasteiger partial charge in [0.1, 0.15) is 17.5 Å². The van der Waals surface area contributed by atoms with E-state index in [-0.39, 0.29) is 12.3 Å². The Labute approximate surface area is 152 Å². The summed E-state index contributed by atoms with van der Waals surface area (Å²) in [5, 5.41) is 3.22. The number of carbonyl (C=O) groups is 1. The highest BCUT2D eigenvalue weighted by Gasteiger charge is 2.45. The van der Waals surface area contributed by atoms with Crippen LogP contribution in [0.1, 0.15) is 40.2 Å². The van der Waals surface area contributed by atoms with E-state index in [0.717, 1.165) is 10.0 Å². The van der Waals surface area contributed by atoms with E-state index < -0.39 is 11.3 Å². The lowest BCUT2D eigenvalue weighted by Gasteiger charge is -2.34. The maximum atomic E-state index is 12.5. The molecule has 6 heteroatoms. The molecular formula is C18H25BrN2O3. The summed E-state index contributed by atoms with van der Waals surface area (Å²) in [5.74, 6) is 0. The van der Waals surface area contributed by atoms with Crippen LogP contribution in [0.2, 0.25) is 0 Å². The topological polar surface area (TPSA) is 50.8 Å². The van der Waals surface area contributed by atoms with Crippen molar-refractivity contribution in [3.8, 4) is 0 Å². The van der Waals surface area contributed by atoms with Crippen LogP contribution in [0.5, 0.6) is 0 Å². The van der Waals surface area contributed by atoms with Gasteiger partial charge >= 0.3 is 6.09 Å². The molecule has 0 spiro atoms. The maximum absolute atomic E-state index is 12.5. The molecule has 1 N–H and O–H groups in total. The first-order chi connectivity index (χ1) is 11.1. The molecule has 1 saturated heterocycles. The average Bonchev–Trinajstić information content (AvgIpc) is 2.74. The Morgan fingerprint density at radius 2 is 2.00 bits per heavy atom. The number of hydrogen-bond donors (Lipinski definition) is 1. The molecule has 0 aliphatic carbocycles. The molecule has 0 radical (unpaired) electrons. The van der Waals surface area contributed by atoms with Gasteiger partial charge in [0.05, 0.1) is 6.61 Å². The van der Waals surface area contributed by atoms with Gasteiger partial charge in [0.2, 0.25) is 0 Å². The van der Waals surface area contributed by atoms with E-state index in [4.69, 9.17) is 9.47 Å². The fraction of sp³-hybridized carbons (Fsp3) is 0.500. The van der Waals surface area contributed by atoms with Crippen molar-refractivity contribution in [3.05, 3.63) is 40.5 Å². The van der Waals surface area contributed by atoms with Gasteiger partial charge in [-0.2, -0.15) is 0 Å². The molecule has 132 valence electrons. The van der Waals surface area contributed by atoms with Crippen LogP contribution in [0.15, 0.2) is 34.9 Å². The summed E-state index contributed by atoms with van der Waals surface area (Å²) < 4.78 is 12.3. The maximum Gasteiger partial charge on any atom is 0.414 e. The number of carbonyl (C=O) groups excluding carboxylic acids is 1. The number of amides is 1. The van der Waals surface area contributed by atoms with Crippen LogP contribution in [0.4, 0.5) is 4.79 Å². The monoisotopic (exact) mass is 396 g/mol. The molecule has 1 aliphatic rings. The Bertz CT molecular complexity index is 606. The van der Waals surface area contributed by atoms with E-state index >= 15 is 0 Å². The molecule has 0 aromatic heterocycles. The van der Waals surface area contributed by atoms with Gasteiger partial charge in [-0.05, 0) is 64.6 Å². The molecule has 1 aromatic carbocycles. The van der Waals surface area contributed by atoms with Crippen molar-refractivity contribution in [1.82, 2.24) is 10.2 Å². The molecule has 1 heterocycles. The lowest BCUT2D eigenvalue weighted by Crippen LogP contribution is -2.53. The second-order valence-corrected chi connectivity index (χ2v) is 8.09. The van der Waals surface area contributed by atoms with E-state index in [2.05, 4.69) is 21.2 Å². The Hall–Kier alpha value is -1.53. The molecule has 2 rings (SSSR count). The van der Waals surface area contributed by atoms with E-state index in [9.17, 15) is 4.79 Å². The largest absolute Gasteiger partial charge is 0.444 e. The van der Waals surface area contributed by atoms with Gasteiger partial charge in [-0.3, -0.25) is 4.90 Å². The number of benzene rings is 1. The average molecular weight is 397 g/mol. The number of hydrogen-bond acceptors (Lipinski definition) is 4. The Morgan fingerprint density at radius 3 is 2.58 bits per heavy atom. The lowest BCUT2D eigenvalue weighted by atomic mass is 10.2. The number of ether oxygens (including phenoxy) is 2. The van der Waals surface area contributed by atoms with Crippen molar-refractivity contribution in [2.45, 2.75) is 52.1 Å². The van der Waals surface area contributed by atoms with Gasteiger partial charge in [-0.15, -0.1) is 0 Å². The number of nitrogens with zero attached hydrogens (tertiary/aromatic N) is 1. The summed E-state index contributed by atoms with van der Waals surface area (Å²) in [6.07, 6.45) is 3.11. The van der Waals surface area contributed by atoms with Crippen molar-refractivity contribution < 1.29 is 14.3 Å². The molecule has 5 nitrogen and oxygen atoms in total. The van der Waals surface area contributed by atoms with Crippen molar-refractivity contribution in [2.24, 2.45) is 0 Å². The molecule has 1 aliphatic heterocycles.